The van der Waals surface area contributed by atoms with Gasteiger partial charge in [0.05, 0.1) is 0 Å². The lowest BCUT2D eigenvalue weighted by atomic mass is 10.1. The van der Waals surface area contributed by atoms with E-state index in [4.69, 9.17) is 0 Å². The van der Waals surface area contributed by atoms with Crippen LogP contribution in [0, 0.1) is 6.92 Å². The van der Waals surface area contributed by atoms with Crippen molar-refractivity contribution in [3.05, 3.63) is 59.7 Å². The number of aryl methyl sites for hydroxylation is 1. The maximum absolute atomic E-state index is 4.19. The fourth-order valence-electron chi connectivity index (χ4n) is 1.43. The lowest BCUT2D eigenvalue weighted by Crippen LogP contribution is -1.94. The molecule has 0 aliphatic rings. The van der Waals surface area contributed by atoms with Crippen LogP contribution in [0.2, 0.25) is 0 Å². The predicted molar refractivity (Wildman–Crippen MR) is 78.7 cm³/mol. The fourth-order valence-corrected chi connectivity index (χ4v) is 1.43. The van der Waals surface area contributed by atoms with Gasteiger partial charge in [0.15, 0.2) is 0 Å². The number of hydrogen-bond donors (Lipinski definition) is 0. The van der Waals surface area contributed by atoms with E-state index in [2.05, 4.69) is 41.2 Å². The van der Waals surface area contributed by atoms with Gasteiger partial charge in [0, 0.05) is 18.8 Å². The summed E-state index contributed by atoms with van der Waals surface area (Å²) >= 11 is 0. The van der Waals surface area contributed by atoms with Crippen LogP contribution in [0.25, 0.3) is 0 Å². The third kappa shape index (κ3) is 6.14. The average molecular weight is 244 g/mol. The molecule has 98 valence electrons. The summed E-state index contributed by atoms with van der Waals surface area (Å²) in [6, 6.07) is 10.3. The maximum Gasteiger partial charge on any atom is 0.132 e. The van der Waals surface area contributed by atoms with Crippen LogP contribution in [0.4, 0.5) is 0 Å². The first-order valence-electron chi connectivity index (χ1n) is 6.66. The molecule has 0 radical (unpaired) electrons. The number of rotatable bonds is 2. The Bertz CT molecular complexity index is 410. The molecule has 0 saturated heterocycles. The van der Waals surface area contributed by atoms with Gasteiger partial charge in [-0.15, -0.1) is 0 Å². The SMILES string of the molecule is CC.CC.Cc1cccc(Cc2ncccn2)c1. The normalized spacial score (nSPS) is 8.50. The Kier molecular flexibility index (Phi) is 9.47. The van der Waals surface area contributed by atoms with Crippen LogP contribution in [-0.2, 0) is 6.42 Å². The van der Waals surface area contributed by atoms with Crippen LogP contribution in [0.3, 0.4) is 0 Å². The van der Waals surface area contributed by atoms with Crippen molar-refractivity contribution in [2.24, 2.45) is 0 Å². The second-order valence-electron chi connectivity index (χ2n) is 3.33. The highest BCUT2D eigenvalue weighted by molar-refractivity contribution is 5.24. The minimum absolute atomic E-state index is 0.808. The minimum Gasteiger partial charge on any atom is -0.241 e. The molecule has 1 heterocycles. The molecule has 0 aliphatic heterocycles. The average Bonchev–Trinajstić information content (AvgIpc) is 2.44. The molecule has 1 aromatic carbocycles. The van der Waals surface area contributed by atoms with Crippen LogP contribution >= 0.6 is 0 Å². The number of hydrogen-bond acceptors (Lipinski definition) is 2. The van der Waals surface area contributed by atoms with Crippen LogP contribution in [0.5, 0.6) is 0 Å². The summed E-state index contributed by atoms with van der Waals surface area (Å²) < 4.78 is 0. The molecule has 18 heavy (non-hydrogen) atoms. The molecule has 1 aromatic heterocycles. The molecule has 2 heteroatoms. The zero-order chi connectivity index (χ0) is 13.8. The summed E-state index contributed by atoms with van der Waals surface area (Å²) in [6.07, 6.45) is 4.36. The fraction of sp³-hybridized carbons (Fsp3) is 0.375. The molecule has 0 spiro atoms. The molecule has 0 atom stereocenters. The van der Waals surface area contributed by atoms with Gasteiger partial charge in [-0.3, -0.25) is 0 Å². The Hall–Kier alpha value is -1.70. The molecule has 0 aliphatic carbocycles. The van der Waals surface area contributed by atoms with Crippen molar-refractivity contribution in [2.75, 3.05) is 0 Å². The highest BCUT2D eigenvalue weighted by Gasteiger charge is 1.97. The van der Waals surface area contributed by atoms with Crippen molar-refractivity contribution < 1.29 is 0 Å². The predicted octanol–water partition coefficient (Wildman–Crippen LogP) is 4.43. The first-order chi connectivity index (χ1) is 8.84. The molecule has 0 saturated carbocycles. The summed E-state index contributed by atoms with van der Waals surface area (Å²) in [5.74, 6) is 0.873. The minimum atomic E-state index is 0.808. The Morgan fingerprint density at radius 3 is 2.06 bits per heavy atom. The number of aromatic nitrogens is 2. The standard InChI is InChI=1S/C12H12N2.2C2H6/c1-10-4-2-5-11(8-10)9-12-13-6-3-7-14-12;2*1-2/h2-8H,9H2,1H3;2*1-2H3. The maximum atomic E-state index is 4.19. The van der Waals surface area contributed by atoms with Crippen molar-refractivity contribution in [3.63, 3.8) is 0 Å². The van der Waals surface area contributed by atoms with E-state index >= 15 is 0 Å². The molecule has 0 amide bonds. The second kappa shape index (κ2) is 10.5. The molecule has 2 nitrogen and oxygen atoms in total. The van der Waals surface area contributed by atoms with Crippen LogP contribution in [-0.4, -0.2) is 9.97 Å². The Morgan fingerprint density at radius 1 is 0.889 bits per heavy atom. The van der Waals surface area contributed by atoms with E-state index < -0.39 is 0 Å². The van der Waals surface area contributed by atoms with Gasteiger partial charge in [-0.2, -0.15) is 0 Å². The Balaban J connectivity index is 0.000000659. The molecule has 0 bridgehead atoms. The van der Waals surface area contributed by atoms with E-state index in [0.29, 0.717) is 0 Å². The van der Waals surface area contributed by atoms with Crippen molar-refractivity contribution in [1.29, 1.82) is 0 Å². The zero-order valence-corrected chi connectivity index (χ0v) is 12.1. The molecule has 0 N–H and O–H groups in total. The highest BCUT2D eigenvalue weighted by atomic mass is 14.8. The topological polar surface area (TPSA) is 25.8 Å². The molecule has 0 unspecified atom stereocenters. The van der Waals surface area contributed by atoms with Gasteiger partial charge in [-0.1, -0.05) is 57.5 Å². The summed E-state index contributed by atoms with van der Waals surface area (Å²) in [7, 11) is 0. The Labute approximate surface area is 111 Å². The zero-order valence-electron chi connectivity index (χ0n) is 12.1. The quantitative estimate of drug-likeness (QED) is 0.781. The monoisotopic (exact) mass is 244 g/mol. The summed E-state index contributed by atoms with van der Waals surface area (Å²) in [4.78, 5) is 8.39. The smallest absolute Gasteiger partial charge is 0.132 e. The lowest BCUT2D eigenvalue weighted by molar-refractivity contribution is 0.966. The van der Waals surface area contributed by atoms with E-state index in [-0.39, 0.29) is 0 Å². The molecule has 2 aromatic rings. The summed E-state index contributed by atoms with van der Waals surface area (Å²) in [5, 5.41) is 0. The van der Waals surface area contributed by atoms with Gasteiger partial charge in [-0.05, 0) is 18.6 Å². The summed E-state index contributed by atoms with van der Waals surface area (Å²) in [6.45, 7) is 10.1. The van der Waals surface area contributed by atoms with E-state index in [1.807, 2.05) is 33.8 Å². The first-order valence-corrected chi connectivity index (χ1v) is 6.66. The van der Waals surface area contributed by atoms with E-state index in [1.54, 1.807) is 12.4 Å². The van der Waals surface area contributed by atoms with E-state index in [1.165, 1.54) is 11.1 Å². The highest BCUT2D eigenvalue weighted by Crippen LogP contribution is 2.07. The largest absolute Gasteiger partial charge is 0.241 e. The van der Waals surface area contributed by atoms with Gasteiger partial charge in [0.1, 0.15) is 5.82 Å². The Morgan fingerprint density at radius 2 is 1.50 bits per heavy atom. The molecular weight excluding hydrogens is 220 g/mol. The summed E-state index contributed by atoms with van der Waals surface area (Å²) in [5.41, 5.74) is 2.54. The van der Waals surface area contributed by atoms with Gasteiger partial charge in [-0.25, -0.2) is 9.97 Å². The van der Waals surface area contributed by atoms with Crippen molar-refractivity contribution >= 4 is 0 Å². The van der Waals surface area contributed by atoms with Gasteiger partial charge in [0.2, 0.25) is 0 Å². The van der Waals surface area contributed by atoms with E-state index in [9.17, 15) is 0 Å². The van der Waals surface area contributed by atoms with Crippen molar-refractivity contribution in [3.8, 4) is 0 Å². The second-order valence-corrected chi connectivity index (χ2v) is 3.33. The molecule has 0 fully saturated rings. The number of nitrogens with zero attached hydrogens (tertiary/aromatic N) is 2. The third-order valence-corrected chi connectivity index (χ3v) is 2.06. The van der Waals surface area contributed by atoms with Crippen molar-refractivity contribution in [1.82, 2.24) is 9.97 Å². The van der Waals surface area contributed by atoms with Crippen LogP contribution in [0.1, 0.15) is 44.6 Å². The van der Waals surface area contributed by atoms with Crippen LogP contribution < -0.4 is 0 Å². The molecular formula is C16H24N2. The van der Waals surface area contributed by atoms with E-state index in [0.717, 1.165) is 12.2 Å². The van der Waals surface area contributed by atoms with Gasteiger partial charge >= 0.3 is 0 Å². The van der Waals surface area contributed by atoms with Crippen LogP contribution in [0.15, 0.2) is 42.7 Å². The van der Waals surface area contributed by atoms with Gasteiger partial charge in [0.25, 0.3) is 0 Å². The van der Waals surface area contributed by atoms with Gasteiger partial charge < -0.3 is 0 Å². The first kappa shape index (κ1) is 16.3. The van der Waals surface area contributed by atoms with Crippen molar-refractivity contribution in [2.45, 2.75) is 41.0 Å². The molecule has 2 rings (SSSR count). The lowest BCUT2D eigenvalue weighted by Gasteiger charge is -2.00. The number of benzene rings is 1. The third-order valence-electron chi connectivity index (χ3n) is 2.06.